The summed E-state index contributed by atoms with van der Waals surface area (Å²) in [6, 6.07) is 14.8. The summed E-state index contributed by atoms with van der Waals surface area (Å²) >= 11 is 15.3. The maximum Gasteiger partial charge on any atom is 0.272 e. The molecule has 0 aliphatic heterocycles. The first-order valence-corrected chi connectivity index (χ1v) is 11.1. The van der Waals surface area contributed by atoms with Crippen molar-refractivity contribution in [3.05, 3.63) is 102 Å². The van der Waals surface area contributed by atoms with Crippen LogP contribution in [0.25, 0.3) is 6.08 Å². The number of rotatable bonds is 7. The van der Waals surface area contributed by atoms with Crippen molar-refractivity contribution in [2.45, 2.75) is 0 Å². The number of ether oxygens (including phenoxy) is 1. The van der Waals surface area contributed by atoms with Crippen molar-refractivity contribution in [3.63, 3.8) is 0 Å². The molecule has 8 nitrogen and oxygen atoms in total. The average molecular weight is 565 g/mol. The van der Waals surface area contributed by atoms with Crippen molar-refractivity contribution in [2.75, 3.05) is 12.4 Å². The van der Waals surface area contributed by atoms with Gasteiger partial charge in [-0.15, -0.1) is 0 Å². The Morgan fingerprint density at radius 3 is 2.26 bits per heavy atom. The smallest absolute Gasteiger partial charge is 0.272 e. The van der Waals surface area contributed by atoms with Gasteiger partial charge in [-0.1, -0.05) is 39.1 Å². The van der Waals surface area contributed by atoms with Gasteiger partial charge in [-0.3, -0.25) is 19.7 Å². The highest BCUT2D eigenvalue weighted by Gasteiger charge is 2.19. The number of carbonyl (C=O) groups excluding carboxylic acids is 2. The summed E-state index contributed by atoms with van der Waals surface area (Å²) in [5.41, 5.74) is 0.703. The minimum atomic E-state index is -0.668. The summed E-state index contributed by atoms with van der Waals surface area (Å²) in [6.45, 7) is 0. The standard InChI is InChI=1S/C23H16BrCl2N3O5/c1-34-21-7-4-14(24)9-19(21)22(30)28-20(8-13-2-5-18(6-3-13)29(32)33)23(31)27-17-11-15(25)10-16(26)12-17/h2-12H,1H3,(H,27,31)(H,28,30)/b20-8-. The van der Waals surface area contributed by atoms with Gasteiger partial charge in [0.05, 0.1) is 17.6 Å². The van der Waals surface area contributed by atoms with Gasteiger partial charge >= 0.3 is 0 Å². The molecular formula is C23H16BrCl2N3O5. The highest BCUT2D eigenvalue weighted by Crippen LogP contribution is 2.25. The molecule has 0 aliphatic rings. The van der Waals surface area contributed by atoms with E-state index in [1.54, 1.807) is 18.2 Å². The summed E-state index contributed by atoms with van der Waals surface area (Å²) < 4.78 is 5.88. The van der Waals surface area contributed by atoms with Crippen molar-refractivity contribution in [3.8, 4) is 5.75 Å². The van der Waals surface area contributed by atoms with E-state index >= 15 is 0 Å². The number of hydrogen-bond acceptors (Lipinski definition) is 5. The molecule has 2 amide bonds. The average Bonchev–Trinajstić information content (AvgIpc) is 2.78. The maximum absolute atomic E-state index is 13.1. The Kier molecular flexibility index (Phi) is 8.27. The second kappa shape index (κ2) is 11.1. The SMILES string of the molecule is COc1ccc(Br)cc1C(=O)N/C(=C\c1ccc([N+](=O)[O-])cc1)C(=O)Nc1cc(Cl)cc(Cl)c1. The van der Waals surface area contributed by atoms with E-state index in [0.717, 1.165) is 0 Å². The number of amides is 2. The number of carbonyl (C=O) groups is 2. The molecule has 0 aliphatic carbocycles. The van der Waals surface area contributed by atoms with Crippen LogP contribution in [-0.4, -0.2) is 23.8 Å². The molecule has 0 bridgehead atoms. The normalized spacial score (nSPS) is 11.0. The molecule has 0 unspecified atom stereocenters. The lowest BCUT2D eigenvalue weighted by atomic mass is 10.1. The molecule has 2 N–H and O–H groups in total. The topological polar surface area (TPSA) is 111 Å². The zero-order valence-electron chi connectivity index (χ0n) is 17.5. The molecule has 0 radical (unpaired) electrons. The molecule has 174 valence electrons. The first-order chi connectivity index (χ1) is 16.2. The molecule has 3 aromatic carbocycles. The number of nitrogens with zero attached hydrogens (tertiary/aromatic N) is 1. The minimum absolute atomic E-state index is 0.111. The third-order valence-corrected chi connectivity index (χ3v) is 5.36. The fraction of sp³-hybridized carbons (Fsp3) is 0.0435. The Bertz CT molecular complexity index is 1280. The number of non-ortho nitro benzene ring substituents is 1. The molecule has 11 heteroatoms. The van der Waals surface area contributed by atoms with Gasteiger partial charge in [0.15, 0.2) is 0 Å². The quantitative estimate of drug-likeness (QED) is 0.205. The van der Waals surface area contributed by atoms with Gasteiger partial charge in [-0.25, -0.2) is 0 Å². The largest absolute Gasteiger partial charge is 0.496 e. The van der Waals surface area contributed by atoms with Crippen LogP contribution in [0, 0.1) is 10.1 Å². The fourth-order valence-corrected chi connectivity index (χ4v) is 3.78. The van der Waals surface area contributed by atoms with Crippen LogP contribution in [0.1, 0.15) is 15.9 Å². The second-order valence-electron chi connectivity index (χ2n) is 6.82. The Morgan fingerprint density at radius 2 is 1.68 bits per heavy atom. The van der Waals surface area contributed by atoms with Gasteiger partial charge in [0.2, 0.25) is 0 Å². The summed E-state index contributed by atoms with van der Waals surface area (Å²) in [7, 11) is 1.42. The number of nitro groups is 1. The highest BCUT2D eigenvalue weighted by atomic mass is 79.9. The number of methoxy groups -OCH3 is 1. The van der Waals surface area contributed by atoms with Gasteiger partial charge < -0.3 is 15.4 Å². The molecule has 34 heavy (non-hydrogen) atoms. The van der Waals surface area contributed by atoms with E-state index < -0.39 is 16.7 Å². The lowest BCUT2D eigenvalue weighted by Gasteiger charge is -2.13. The molecule has 0 spiro atoms. The van der Waals surface area contributed by atoms with Crippen molar-refractivity contribution in [2.24, 2.45) is 0 Å². The van der Waals surface area contributed by atoms with Gasteiger partial charge in [-0.05, 0) is 60.2 Å². The third kappa shape index (κ3) is 6.57. The van der Waals surface area contributed by atoms with E-state index in [2.05, 4.69) is 26.6 Å². The number of anilines is 1. The Hall–Kier alpha value is -3.40. The number of nitrogens with one attached hydrogen (secondary N) is 2. The predicted molar refractivity (Wildman–Crippen MR) is 134 cm³/mol. The highest BCUT2D eigenvalue weighted by molar-refractivity contribution is 9.10. The van der Waals surface area contributed by atoms with Crippen molar-refractivity contribution in [1.82, 2.24) is 5.32 Å². The van der Waals surface area contributed by atoms with E-state index in [-0.39, 0.29) is 16.9 Å². The molecule has 3 rings (SSSR count). The van der Waals surface area contributed by atoms with E-state index in [0.29, 0.717) is 31.5 Å². The zero-order chi connectivity index (χ0) is 24.8. The van der Waals surface area contributed by atoms with Crippen LogP contribution in [0.5, 0.6) is 5.75 Å². The Labute approximate surface area is 212 Å². The Morgan fingerprint density at radius 1 is 1.03 bits per heavy atom. The van der Waals surface area contributed by atoms with Gasteiger partial charge in [0, 0.05) is 32.3 Å². The second-order valence-corrected chi connectivity index (χ2v) is 8.61. The van der Waals surface area contributed by atoms with Gasteiger partial charge in [-0.2, -0.15) is 0 Å². The predicted octanol–water partition coefficient (Wildman–Crippen LogP) is 6.08. The van der Waals surface area contributed by atoms with Crippen molar-refractivity contribution >= 4 is 68.4 Å². The molecule has 0 saturated carbocycles. The molecule has 0 fully saturated rings. The van der Waals surface area contributed by atoms with E-state index in [9.17, 15) is 19.7 Å². The van der Waals surface area contributed by atoms with Crippen molar-refractivity contribution < 1.29 is 19.2 Å². The number of hydrogen-bond donors (Lipinski definition) is 2. The van der Waals surface area contributed by atoms with Crippen LogP contribution in [-0.2, 0) is 4.79 Å². The summed E-state index contributed by atoms with van der Waals surface area (Å²) in [6.07, 6.45) is 1.38. The Balaban J connectivity index is 1.97. The van der Waals surface area contributed by atoms with E-state index in [4.69, 9.17) is 27.9 Å². The monoisotopic (exact) mass is 563 g/mol. The number of nitro benzene ring substituents is 1. The van der Waals surface area contributed by atoms with Crippen LogP contribution in [0.2, 0.25) is 10.0 Å². The summed E-state index contributed by atoms with van der Waals surface area (Å²) in [5.74, 6) is -0.970. The minimum Gasteiger partial charge on any atom is -0.496 e. The van der Waals surface area contributed by atoms with Crippen LogP contribution in [0.15, 0.2) is 70.8 Å². The van der Waals surface area contributed by atoms with Gasteiger partial charge in [0.1, 0.15) is 11.4 Å². The molecule has 0 heterocycles. The molecule has 0 atom stereocenters. The summed E-state index contributed by atoms with van der Waals surface area (Å²) in [5, 5.41) is 16.8. The first kappa shape index (κ1) is 25.2. The maximum atomic E-state index is 13.1. The van der Waals surface area contributed by atoms with Crippen LogP contribution in [0.3, 0.4) is 0 Å². The zero-order valence-corrected chi connectivity index (χ0v) is 20.6. The summed E-state index contributed by atoms with van der Waals surface area (Å²) in [4.78, 5) is 36.5. The molecule has 3 aromatic rings. The van der Waals surface area contributed by atoms with Crippen LogP contribution in [0.4, 0.5) is 11.4 Å². The van der Waals surface area contributed by atoms with E-state index in [1.165, 1.54) is 55.7 Å². The third-order valence-electron chi connectivity index (χ3n) is 4.43. The lowest BCUT2D eigenvalue weighted by Crippen LogP contribution is -2.31. The fourth-order valence-electron chi connectivity index (χ4n) is 2.89. The van der Waals surface area contributed by atoms with Gasteiger partial charge in [0.25, 0.3) is 17.5 Å². The van der Waals surface area contributed by atoms with Crippen molar-refractivity contribution in [1.29, 1.82) is 0 Å². The number of benzene rings is 3. The van der Waals surface area contributed by atoms with E-state index in [1.807, 2.05) is 0 Å². The lowest BCUT2D eigenvalue weighted by molar-refractivity contribution is -0.384. The molecule has 0 aromatic heterocycles. The number of halogens is 3. The van der Waals surface area contributed by atoms with Crippen LogP contribution < -0.4 is 15.4 Å². The first-order valence-electron chi connectivity index (χ1n) is 9.55. The molecular weight excluding hydrogens is 549 g/mol. The molecule has 0 saturated heterocycles. The van der Waals surface area contributed by atoms with Crippen LogP contribution >= 0.6 is 39.1 Å².